The molecule has 0 N–H and O–H groups in total. The second kappa shape index (κ2) is 7.67. The highest BCUT2D eigenvalue weighted by molar-refractivity contribution is 6.13. The van der Waals surface area contributed by atoms with Crippen LogP contribution in [0, 0.1) is 10.1 Å². The van der Waals surface area contributed by atoms with E-state index in [-0.39, 0.29) is 28.6 Å². The predicted octanol–water partition coefficient (Wildman–Crippen LogP) is 4.11. The molecule has 3 aromatic carbocycles. The molecule has 0 atom stereocenters. The maximum Gasteiger partial charge on any atom is 0.363 e. The Labute approximate surface area is 171 Å². The number of nitro benzene ring substituents is 1. The molecule has 1 aliphatic heterocycles. The molecule has 8 nitrogen and oxygen atoms in total. The number of nitro groups is 1. The average molecular weight is 404 g/mol. The Morgan fingerprint density at radius 2 is 1.70 bits per heavy atom. The minimum absolute atomic E-state index is 0.0477. The molecular formula is C22H16N2O6. The first-order valence-electron chi connectivity index (χ1n) is 8.92. The topological polar surface area (TPSA) is 100 Å². The van der Waals surface area contributed by atoms with Crippen LogP contribution in [0.5, 0.6) is 11.5 Å². The Morgan fingerprint density at radius 1 is 1.00 bits per heavy atom. The second-order valence-electron chi connectivity index (χ2n) is 6.42. The number of hydrogen-bond acceptors (Lipinski definition) is 7. The summed E-state index contributed by atoms with van der Waals surface area (Å²) in [4.78, 5) is 27.5. The molecule has 0 amide bonds. The van der Waals surface area contributed by atoms with Gasteiger partial charge in [0.25, 0.3) is 5.69 Å². The molecule has 0 bridgehead atoms. The van der Waals surface area contributed by atoms with Gasteiger partial charge in [-0.1, -0.05) is 30.3 Å². The number of carbonyl (C=O) groups excluding carboxylic acids is 1. The van der Waals surface area contributed by atoms with Gasteiger partial charge in [0.15, 0.2) is 17.2 Å². The van der Waals surface area contributed by atoms with Crippen molar-refractivity contribution in [3.05, 3.63) is 81.5 Å². The fourth-order valence-corrected chi connectivity index (χ4v) is 3.16. The number of carbonyl (C=O) groups is 1. The van der Waals surface area contributed by atoms with E-state index in [1.54, 1.807) is 6.07 Å². The van der Waals surface area contributed by atoms with Gasteiger partial charge in [-0.15, -0.1) is 0 Å². The van der Waals surface area contributed by atoms with Crippen LogP contribution < -0.4 is 9.47 Å². The van der Waals surface area contributed by atoms with Gasteiger partial charge in [-0.05, 0) is 35.0 Å². The Balaban J connectivity index is 1.77. The summed E-state index contributed by atoms with van der Waals surface area (Å²) in [5, 5.41) is 13.5. The van der Waals surface area contributed by atoms with E-state index in [0.29, 0.717) is 11.3 Å². The van der Waals surface area contributed by atoms with Crippen molar-refractivity contribution in [1.29, 1.82) is 0 Å². The molecule has 8 heteroatoms. The van der Waals surface area contributed by atoms with Crippen molar-refractivity contribution in [3.63, 3.8) is 0 Å². The Morgan fingerprint density at radius 3 is 2.40 bits per heavy atom. The van der Waals surface area contributed by atoms with Gasteiger partial charge in [-0.3, -0.25) is 10.1 Å². The number of benzene rings is 3. The smallest absolute Gasteiger partial charge is 0.363 e. The molecule has 0 fully saturated rings. The number of ether oxygens (including phenoxy) is 3. The van der Waals surface area contributed by atoms with Crippen molar-refractivity contribution in [1.82, 2.24) is 0 Å². The first-order chi connectivity index (χ1) is 14.5. The number of hydrogen-bond donors (Lipinski definition) is 0. The van der Waals surface area contributed by atoms with Crippen LogP contribution in [-0.2, 0) is 9.53 Å². The molecule has 0 saturated carbocycles. The molecule has 0 spiro atoms. The highest BCUT2D eigenvalue weighted by atomic mass is 16.6. The van der Waals surface area contributed by atoms with E-state index in [1.165, 1.54) is 32.4 Å². The number of methoxy groups -OCH3 is 2. The van der Waals surface area contributed by atoms with Crippen LogP contribution in [0.3, 0.4) is 0 Å². The number of esters is 1. The van der Waals surface area contributed by atoms with Crippen LogP contribution in [0.15, 0.2) is 65.3 Å². The quantitative estimate of drug-likeness (QED) is 0.275. The molecule has 1 aliphatic rings. The fraction of sp³-hybridized carbons (Fsp3) is 0.0909. The Hall–Kier alpha value is -4.20. The number of aliphatic imine (C=N–C) groups is 1. The normalized spacial score (nSPS) is 14.5. The van der Waals surface area contributed by atoms with E-state index < -0.39 is 10.9 Å². The van der Waals surface area contributed by atoms with E-state index in [1.807, 2.05) is 36.4 Å². The standard InChI is InChI=1S/C22H16N2O6/c1-28-19-11-16(18(24(26)27)12-20(19)29-2)10-17-22(25)30-21(23-17)15-8-7-13-5-3-4-6-14(13)9-15/h3-12H,1-2H3. The first-order valence-corrected chi connectivity index (χ1v) is 8.92. The molecule has 0 aromatic heterocycles. The lowest BCUT2D eigenvalue weighted by Crippen LogP contribution is -2.05. The number of fused-ring (bicyclic) bond motifs is 1. The van der Waals surface area contributed by atoms with Crippen molar-refractivity contribution in [2.24, 2.45) is 4.99 Å². The maximum atomic E-state index is 12.4. The minimum atomic E-state index is -0.692. The predicted molar refractivity (Wildman–Crippen MR) is 111 cm³/mol. The second-order valence-corrected chi connectivity index (χ2v) is 6.42. The first kappa shape index (κ1) is 19.1. The Bertz CT molecular complexity index is 1250. The van der Waals surface area contributed by atoms with E-state index in [0.717, 1.165) is 10.8 Å². The highest BCUT2D eigenvalue weighted by Gasteiger charge is 2.26. The molecule has 0 saturated heterocycles. The zero-order chi connectivity index (χ0) is 21.3. The van der Waals surface area contributed by atoms with Gasteiger partial charge in [0.1, 0.15) is 0 Å². The minimum Gasteiger partial charge on any atom is -0.493 e. The molecule has 30 heavy (non-hydrogen) atoms. The summed E-state index contributed by atoms with van der Waals surface area (Å²) >= 11 is 0. The van der Waals surface area contributed by atoms with Gasteiger partial charge in [0, 0.05) is 5.56 Å². The van der Waals surface area contributed by atoms with Crippen molar-refractivity contribution in [2.75, 3.05) is 14.2 Å². The SMILES string of the molecule is COc1cc(C=C2N=C(c3ccc4ccccc4c3)OC2=O)c([N+](=O)[O-])cc1OC. The lowest BCUT2D eigenvalue weighted by molar-refractivity contribution is -0.385. The van der Waals surface area contributed by atoms with Gasteiger partial charge in [0.2, 0.25) is 5.90 Å². The molecule has 3 aromatic rings. The van der Waals surface area contributed by atoms with E-state index in [2.05, 4.69) is 4.99 Å². The summed E-state index contributed by atoms with van der Waals surface area (Å²) in [6.45, 7) is 0. The largest absolute Gasteiger partial charge is 0.493 e. The molecule has 0 aliphatic carbocycles. The summed E-state index contributed by atoms with van der Waals surface area (Å²) in [5.41, 5.74) is 0.483. The summed E-state index contributed by atoms with van der Waals surface area (Å²) in [6, 6.07) is 16.0. The molecule has 1 heterocycles. The van der Waals surface area contributed by atoms with Crippen LogP contribution in [-0.4, -0.2) is 31.0 Å². The third-order valence-electron chi connectivity index (χ3n) is 4.64. The van der Waals surface area contributed by atoms with Crippen LogP contribution in [0.2, 0.25) is 0 Å². The summed E-state index contributed by atoms with van der Waals surface area (Å²) in [5.74, 6) is -0.0527. The number of rotatable bonds is 5. The van der Waals surface area contributed by atoms with E-state index >= 15 is 0 Å². The van der Waals surface area contributed by atoms with Crippen molar-refractivity contribution in [2.45, 2.75) is 0 Å². The van der Waals surface area contributed by atoms with Crippen LogP contribution >= 0.6 is 0 Å². The van der Waals surface area contributed by atoms with Gasteiger partial charge in [-0.25, -0.2) is 9.79 Å². The van der Waals surface area contributed by atoms with Crippen molar-refractivity contribution in [3.8, 4) is 11.5 Å². The third-order valence-corrected chi connectivity index (χ3v) is 4.64. The summed E-state index contributed by atoms with van der Waals surface area (Å²) in [6.07, 6.45) is 1.30. The van der Waals surface area contributed by atoms with E-state index in [9.17, 15) is 14.9 Å². The monoisotopic (exact) mass is 404 g/mol. The summed E-state index contributed by atoms with van der Waals surface area (Å²) in [7, 11) is 2.80. The van der Waals surface area contributed by atoms with E-state index in [4.69, 9.17) is 14.2 Å². The molecular weight excluding hydrogens is 388 g/mol. The molecule has 150 valence electrons. The third kappa shape index (κ3) is 3.46. The van der Waals surface area contributed by atoms with Gasteiger partial charge in [-0.2, -0.15) is 0 Å². The van der Waals surface area contributed by atoms with Crippen LogP contribution in [0.25, 0.3) is 16.8 Å². The molecule has 0 radical (unpaired) electrons. The van der Waals surface area contributed by atoms with Crippen molar-refractivity contribution >= 4 is 34.4 Å². The van der Waals surface area contributed by atoms with Gasteiger partial charge >= 0.3 is 5.97 Å². The van der Waals surface area contributed by atoms with Crippen LogP contribution in [0.1, 0.15) is 11.1 Å². The van der Waals surface area contributed by atoms with Crippen molar-refractivity contribution < 1.29 is 23.9 Å². The molecule has 0 unspecified atom stereocenters. The maximum absolute atomic E-state index is 12.4. The Kier molecular flexibility index (Phi) is 4.89. The zero-order valence-corrected chi connectivity index (χ0v) is 16.1. The number of cyclic esters (lactones) is 1. The zero-order valence-electron chi connectivity index (χ0n) is 16.1. The van der Waals surface area contributed by atoms with Gasteiger partial charge in [0.05, 0.1) is 30.8 Å². The van der Waals surface area contributed by atoms with Gasteiger partial charge < -0.3 is 14.2 Å². The highest BCUT2D eigenvalue weighted by Crippen LogP contribution is 2.36. The molecule has 4 rings (SSSR count). The average Bonchev–Trinajstić information content (AvgIpc) is 3.13. The lowest BCUT2D eigenvalue weighted by Gasteiger charge is -2.08. The summed E-state index contributed by atoms with van der Waals surface area (Å²) < 4.78 is 15.6. The lowest BCUT2D eigenvalue weighted by atomic mass is 10.1. The van der Waals surface area contributed by atoms with Crippen LogP contribution in [0.4, 0.5) is 5.69 Å². The fourth-order valence-electron chi connectivity index (χ4n) is 3.16. The number of nitrogens with zero attached hydrogens (tertiary/aromatic N) is 2.